The van der Waals surface area contributed by atoms with Crippen LogP contribution in [0.3, 0.4) is 0 Å². The van der Waals surface area contributed by atoms with Gasteiger partial charge in [-0.25, -0.2) is 4.39 Å². The first-order valence-corrected chi connectivity index (χ1v) is 5.67. The van der Waals surface area contributed by atoms with Gasteiger partial charge in [0, 0.05) is 12.6 Å². The highest BCUT2D eigenvalue weighted by atomic mass is 19.1. The van der Waals surface area contributed by atoms with E-state index >= 15 is 0 Å². The second-order valence-electron chi connectivity index (χ2n) is 4.22. The average molecular weight is 218 g/mol. The Bertz CT molecular complexity index is 418. The standard InChI is InChI=1S/C13H15FN2/c1-2-16(12-4-5-12)9-10-3-6-13(14)11(7-10)8-15/h3,6-7,12H,2,4-5,9H2,1H3. The maximum Gasteiger partial charge on any atom is 0.140 e. The van der Waals surface area contributed by atoms with Crippen LogP contribution in [0.5, 0.6) is 0 Å². The summed E-state index contributed by atoms with van der Waals surface area (Å²) in [5, 5.41) is 8.75. The fraction of sp³-hybridized carbons (Fsp3) is 0.462. The summed E-state index contributed by atoms with van der Waals surface area (Å²) in [7, 11) is 0. The molecule has 1 aliphatic rings. The monoisotopic (exact) mass is 218 g/mol. The number of nitrogens with zero attached hydrogens (tertiary/aromatic N) is 2. The van der Waals surface area contributed by atoms with Crippen LogP contribution >= 0.6 is 0 Å². The highest BCUT2D eigenvalue weighted by Gasteiger charge is 2.27. The van der Waals surface area contributed by atoms with Crippen molar-refractivity contribution >= 4 is 0 Å². The van der Waals surface area contributed by atoms with Crippen molar-refractivity contribution in [2.24, 2.45) is 0 Å². The van der Waals surface area contributed by atoms with E-state index in [4.69, 9.17) is 5.26 Å². The van der Waals surface area contributed by atoms with E-state index in [2.05, 4.69) is 11.8 Å². The molecule has 1 aromatic rings. The van der Waals surface area contributed by atoms with E-state index in [1.807, 2.05) is 6.07 Å². The molecule has 0 saturated heterocycles. The van der Waals surface area contributed by atoms with Crippen LogP contribution in [-0.2, 0) is 6.54 Å². The Hall–Kier alpha value is -1.40. The number of halogens is 1. The summed E-state index contributed by atoms with van der Waals surface area (Å²) >= 11 is 0. The molecule has 0 bridgehead atoms. The summed E-state index contributed by atoms with van der Waals surface area (Å²) in [6, 6.07) is 7.38. The molecule has 0 aliphatic heterocycles. The number of hydrogen-bond acceptors (Lipinski definition) is 2. The molecule has 1 saturated carbocycles. The van der Waals surface area contributed by atoms with E-state index in [0.717, 1.165) is 18.7 Å². The van der Waals surface area contributed by atoms with Gasteiger partial charge >= 0.3 is 0 Å². The molecule has 1 fully saturated rings. The van der Waals surface area contributed by atoms with Gasteiger partial charge in [0.15, 0.2) is 0 Å². The van der Waals surface area contributed by atoms with E-state index in [1.165, 1.54) is 18.9 Å². The number of rotatable bonds is 4. The van der Waals surface area contributed by atoms with Gasteiger partial charge in [0.05, 0.1) is 5.56 Å². The molecular weight excluding hydrogens is 203 g/mol. The first kappa shape index (κ1) is 11.1. The highest BCUT2D eigenvalue weighted by Crippen LogP contribution is 2.28. The van der Waals surface area contributed by atoms with E-state index in [1.54, 1.807) is 12.1 Å². The highest BCUT2D eigenvalue weighted by molar-refractivity contribution is 5.34. The lowest BCUT2D eigenvalue weighted by Crippen LogP contribution is -2.25. The third-order valence-corrected chi connectivity index (χ3v) is 3.01. The predicted octanol–water partition coefficient (Wildman–Crippen LogP) is 2.68. The quantitative estimate of drug-likeness (QED) is 0.777. The van der Waals surface area contributed by atoms with Crippen molar-refractivity contribution in [3.8, 4) is 6.07 Å². The van der Waals surface area contributed by atoms with Gasteiger partial charge in [-0.2, -0.15) is 5.26 Å². The third kappa shape index (κ3) is 2.40. The number of nitriles is 1. The normalized spacial score (nSPS) is 15.1. The second-order valence-corrected chi connectivity index (χ2v) is 4.22. The van der Waals surface area contributed by atoms with Crippen LogP contribution in [0.1, 0.15) is 30.9 Å². The maximum absolute atomic E-state index is 13.1. The lowest BCUT2D eigenvalue weighted by molar-refractivity contribution is 0.269. The van der Waals surface area contributed by atoms with E-state index in [9.17, 15) is 4.39 Å². The Morgan fingerprint density at radius 1 is 1.50 bits per heavy atom. The molecule has 0 heterocycles. The molecular formula is C13H15FN2. The number of hydrogen-bond donors (Lipinski definition) is 0. The van der Waals surface area contributed by atoms with Crippen LogP contribution in [0.2, 0.25) is 0 Å². The second kappa shape index (κ2) is 4.63. The SMILES string of the molecule is CCN(Cc1ccc(F)c(C#N)c1)C1CC1. The van der Waals surface area contributed by atoms with Crippen LogP contribution in [0, 0.1) is 17.1 Å². The van der Waals surface area contributed by atoms with Gasteiger partial charge in [-0.15, -0.1) is 0 Å². The molecule has 0 unspecified atom stereocenters. The topological polar surface area (TPSA) is 27.0 Å². The molecule has 2 nitrogen and oxygen atoms in total. The summed E-state index contributed by atoms with van der Waals surface area (Å²) in [5.74, 6) is -0.430. The van der Waals surface area contributed by atoms with Crippen molar-refractivity contribution in [1.82, 2.24) is 4.90 Å². The fourth-order valence-corrected chi connectivity index (χ4v) is 1.93. The fourth-order valence-electron chi connectivity index (χ4n) is 1.93. The Morgan fingerprint density at radius 2 is 2.25 bits per heavy atom. The van der Waals surface area contributed by atoms with Crippen molar-refractivity contribution in [3.05, 3.63) is 35.1 Å². The molecule has 1 aromatic carbocycles. The Balaban J connectivity index is 2.11. The van der Waals surface area contributed by atoms with Crippen LogP contribution < -0.4 is 0 Å². The van der Waals surface area contributed by atoms with Gasteiger partial charge in [0.25, 0.3) is 0 Å². The molecule has 16 heavy (non-hydrogen) atoms. The maximum atomic E-state index is 13.1. The van der Waals surface area contributed by atoms with Crippen molar-refractivity contribution in [2.75, 3.05) is 6.54 Å². The average Bonchev–Trinajstić information content (AvgIpc) is 3.12. The van der Waals surface area contributed by atoms with Crippen molar-refractivity contribution < 1.29 is 4.39 Å². The zero-order valence-corrected chi connectivity index (χ0v) is 9.41. The molecule has 0 aromatic heterocycles. The zero-order chi connectivity index (χ0) is 11.5. The van der Waals surface area contributed by atoms with Gasteiger partial charge in [-0.05, 0) is 37.1 Å². The minimum atomic E-state index is -0.430. The molecule has 0 spiro atoms. The number of benzene rings is 1. The molecule has 0 N–H and O–H groups in total. The van der Waals surface area contributed by atoms with Crippen LogP contribution in [0.25, 0.3) is 0 Å². The minimum Gasteiger partial charge on any atom is -0.296 e. The largest absolute Gasteiger partial charge is 0.296 e. The van der Waals surface area contributed by atoms with Crippen LogP contribution in [0.15, 0.2) is 18.2 Å². The van der Waals surface area contributed by atoms with Gasteiger partial charge in [0.1, 0.15) is 11.9 Å². The summed E-state index contributed by atoms with van der Waals surface area (Å²) < 4.78 is 13.1. The predicted molar refractivity (Wildman–Crippen MR) is 60.2 cm³/mol. The van der Waals surface area contributed by atoms with Crippen LogP contribution in [0.4, 0.5) is 4.39 Å². The lowest BCUT2D eigenvalue weighted by Gasteiger charge is -2.19. The van der Waals surface area contributed by atoms with E-state index < -0.39 is 5.82 Å². The van der Waals surface area contributed by atoms with Gasteiger partial charge < -0.3 is 0 Å². The molecule has 1 aliphatic carbocycles. The summed E-state index contributed by atoms with van der Waals surface area (Å²) in [5.41, 5.74) is 1.16. The Morgan fingerprint density at radius 3 is 2.81 bits per heavy atom. The molecule has 84 valence electrons. The zero-order valence-electron chi connectivity index (χ0n) is 9.41. The van der Waals surface area contributed by atoms with E-state index in [0.29, 0.717) is 6.04 Å². The Kier molecular flexibility index (Phi) is 3.21. The summed E-state index contributed by atoms with van der Waals surface area (Å²) in [6.07, 6.45) is 2.53. The molecule has 3 heteroatoms. The van der Waals surface area contributed by atoms with E-state index in [-0.39, 0.29) is 5.56 Å². The molecule has 0 amide bonds. The summed E-state index contributed by atoms with van der Waals surface area (Å²) in [6.45, 7) is 3.95. The first-order valence-electron chi connectivity index (χ1n) is 5.67. The van der Waals surface area contributed by atoms with Crippen molar-refractivity contribution in [1.29, 1.82) is 5.26 Å². The smallest absolute Gasteiger partial charge is 0.140 e. The Labute approximate surface area is 95.3 Å². The lowest BCUT2D eigenvalue weighted by atomic mass is 10.1. The third-order valence-electron chi connectivity index (χ3n) is 3.01. The first-order chi connectivity index (χ1) is 7.74. The van der Waals surface area contributed by atoms with Gasteiger partial charge in [0.2, 0.25) is 0 Å². The molecule has 0 atom stereocenters. The molecule has 2 rings (SSSR count). The summed E-state index contributed by atoms with van der Waals surface area (Å²) in [4.78, 5) is 2.37. The van der Waals surface area contributed by atoms with Gasteiger partial charge in [-0.1, -0.05) is 13.0 Å². The minimum absolute atomic E-state index is 0.143. The van der Waals surface area contributed by atoms with Crippen molar-refractivity contribution in [3.63, 3.8) is 0 Å². The van der Waals surface area contributed by atoms with Crippen LogP contribution in [-0.4, -0.2) is 17.5 Å². The van der Waals surface area contributed by atoms with Crippen molar-refractivity contribution in [2.45, 2.75) is 32.4 Å². The molecule has 0 radical (unpaired) electrons. The van der Waals surface area contributed by atoms with Gasteiger partial charge in [-0.3, -0.25) is 4.90 Å².